The van der Waals surface area contributed by atoms with Gasteiger partial charge in [-0.2, -0.15) is 0 Å². The van der Waals surface area contributed by atoms with E-state index in [0.717, 1.165) is 29.3 Å². The van der Waals surface area contributed by atoms with Gasteiger partial charge in [-0.25, -0.2) is 0 Å². The molecule has 3 aromatic heterocycles. The Kier molecular flexibility index (Phi) is 3.66. The number of aromatic nitrogens is 4. The summed E-state index contributed by atoms with van der Waals surface area (Å²) >= 11 is 2.67. The smallest absolute Gasteiger partial charge is 0.268 e. The molecule has 1 amide bonds. The maximum absolute atomic E-state index is 12.7. The van der Waals surface area contributed by atoms with Crippen LogP contribution in [-0.2, 0) is 0 Å². The molecule has 1 unspecified atom stereocenters. The summed E-state index contributed by atoms with van der Waals surface area (Å²) in [4.78, 5) is 16.0. The Hall–Kier alpha value is -2.13. The molecule has 4 heterocycles. The first-order valence-electron chi connectivity index (χ1n) is 7.21. The van der Waals surface area contributed by atoms with E-state index in [9.17, 15) is 4.79 Å². The van der Waals surface area contributed by atoms with Crippen molar-refractivity contribution in [3.05, 3.63) is 34.0 Å². The van der Waals surface area contributed by atoms with Crippen LogP contribution in [0.1, 0.15) is 40.1 Å². The third-order valence-corrected chi connectivity index (χ3v) is 5.49. The standard InChI is InChI=1S/C14H13N5O2S2/c1-8-11(23-18-15-8)14(20)19-6-2-4-9(19)12-16-17-13(21-12)10-5-3-7-22-10/h3,5,7,9H,2,4,6H2,1H3. The zero-order valence-corrected chi connectivity index (χ0v) is 13.9. The molecule has 1 aliphatic rings. The van der Waals surface area contributed by atoms with Gasteiger partial charge in [-0.1, -0.05) is 10.6 Å². The van der Waals surface area contributed by atoms with Crippen molar-refractivity contribution >= 4 is 28.8 Å². The van der Waals surface area contributed by atoms with Crippen LogP contribution in [0.2, 0.25) is 0 Å². The van der Waals surface area contributed by atoms with Gasteiger partial charge >= 0.3 is 0 Å². The molecule has 23 heavy (non-hydrogen) atoms. The van der Waals surface area contributed by atoms with Gasteiger partial charge in [0.15, 0.2) is 0 Å². The predicted octanol–water partition coefficient (Wildman–Crippen LogP) is 2.94. The maximum Gasteiger partial charge on any atom is 0.268 e. The second-order valence-corrected chi connectivity index (χ2v) is 6.97. The van der Waals surface area contributed by atoms with Crippen LogP contribution in [0.15, 0.2) is 21.9 Å². The molecule has 0 bridgehead atoms. The van der Waals surface area contributed by atoms with Gasteiger partial charge in [-0.15, -0.1) is 26.6 Å². The monoisotopic (exact) mass is 347 g/mol. The lowest BCUT2D eigenvalue weighted by atomic mass is 10.2. The minimum Gasteiger partial charge on any atom is -0.418 e. The lowest BCUT2D eigenvalue weighted by Crippen LogP contribution is -2.30. The van der Waals surface area contributed by atoms with Crippen molar-refractivity contribution in [3.8, 4) is 10.8 Å². The number of carbonyl (C=O) groups is 1. The van der Waals surface area contributed by atoms with Crippen LogP contribution in [0, 0.1) is 6.92 Å². The van der Waals surface area contributed by atoms with E-state index in [1.807, 2.05) is 17.5 Å². The van der Waals surface area contributed by atoms with Crippen LogP contribution in [0.3, 0.4) is 0 Å². The molecular weight excluding hydrogens is 334 g/mol. The van der Waals surface area contributed by atoms with Crippen LogP contribution in [0.4, 0.5) is 0 Å². The molecule has 9 heteroatoms. The number of rotatable bonds is 3. The average Bonchev–Trinajstić information content (AvgIpc) is 3.31. The first kappa shape index (κ1) is 14.5. The van der Waals surface area contributed by atoms with Crippen molar-refractivity contribution in [2.75, 3.05) is 6.54 Å². The Morgan fingerprint density at radius 3 is 3.04 bits per heavy atom. The van der Waals surface area contributed by atoms with Gasteiger partial charge in [-0.3, -0.25) is 4.79 Å². The van der Waals surface area contributed by atoms with Gasteiger partial charge in [0.1, 0.15) is 10.9 Å². The molecule has 1 aliphatic heterocycles. The van der Waals surface area contributed by atoms with Crippen molar-refractivity contribution in [2.45, 2.75) is 25.8 Å². The van der Waals surface area contributed by atoms with Crippen LogP contribution in [0.5, 0.6) is 0 Å². The van der Waals surface area contributed by atoms with Gasteiger partial charge in [0.05, 0.1) is 10.6 Å². The molecule has 0 aromatic carbocycles. The van der Waals surface area contributed by atoms with Gasteiger partial charge < -0.3 is 9.32 Å². The molecular formula is C14H13N5O2S2. The van der Waals surface area contributed by atoms with Crippen molar-refractivity contribution in [1.82, 2.24) is 24.7 Å². The lowest BCUT2D eigenvalue weighted by molar-refractivity contribution is 0.0720. The number of amides is 1. The Labute approximate surface area is 140 Å². The topological polar surface area (TPSA) is 85.0 Å². The molecule has 0 saturated carbocycles. The third kappa shape index (κ3) is 2.55. The molecule has 1 atom stereocenters. The van der Waals surface area contributed by atoms with E-state index >= 15 is 0 Å². The van der Waals surface area contributed by atoms with E-state index < -0.39 is 0 Å². The Morgan fingerprint density at radius 2 is 2.30 bits per heavy atom. The third-order valence-electron chi connectivity index (χ3n) is 3.82. The van der Waals surface area contributed by atoms with Gasteiger partial charge in [-0.05, 0) is 42.7 Å². The summed E-state index contributed by atoms with van der Waals surface area (Å²) < 4.78 is 9.65. The Balaban J connectivity index is 1.61. The highest BCUT2D eigenvalue weighted by atomic mass is 32.1. The van der Waals surface area contributed by atoms with Crippen LogP contribution < -0.4 is 0 Å². The number of thiophene rings is 1. The van der Waals surface area contributed by atoms with E-state index in [2.05, 4.69) is 19.8 Å². The molecule has 4 rings (SSSR count). The van der Waals surface area contributed by atoms with Gasteiger partial charge in [0.2, 0.25) is 5.89 Å². The Bertz CT molecular complexity index is 826. The minimum absolute atomic E-state index is 0.0594. The first-order valence-corrected chi connectivity index (χ1v) is 8.86. The van der Waals surface area contributed by atoms with E-state index in [-0.39, 0.29) is 11.9 Å². The summed E-state index contributed by atoms with van der Waals surface area (Å²) in [6.45, 7) is 2.47. The summed E-state index contributed by atoms with van der Waals surface area (Å²) in [7, 11) is 0. The molecule has 118 valence electrons. The fourth-order valence-corrected chi connectivity index (χ4v) is 3.95. The summed E-state index contributed by atoms with van der Waals surface area (Å²) in [5.74, 6) is 0.940. The van der Waals surface area contributed by atoms with E-state index in [1.165, 1.54) is 0 Å². The number of likely N-dealkylation sites (tertiary alicyclic amines) is 1. The highest BCUT2D eigenvalue weighted by Crippen LogP contribution is 2.35. The molecule has 0 aliphatic carbocycles. The Morgan fingerprint density at radius 1 is 1.39 bits per heavy atom. The van der Waals surface area contributed by atoms with E-state index in [1.54, 1.807) is 23.2 Å². The fraction of sp³-hybridized carbons (Fsp3) is 0.357. The predicted molar refractivity (Wildman–Crippen MR) is 85.3 cm³/mol. The number of nitrogens with zero attached hydrogens (tertiary/aromatic N) is 5. The summed E-state index contributed by atoms with van der Waals surface area (Å²) in [6, 6.07) is 3.70. The average molecular weight is 347 g/mol. The number of aryl methyl sites for hydroxylation is 1. The van der Waals surface area contributed by atoms with Gasteiger partial charge in [0, 0.05) is 6.54 Å². The molecule has 0 radical (unpaired) electrons. The molecule has 0 N–H and O–H groups in total. The zero-order valence-electron chi connectivity index (χ0n) is 12.3. The van der Waals surface area contributed by atoms with E-state index in [4.69, 9.17) is 4.42 Å². The number of hydrogen-bond acceptors (Lipinski definition) is 8. The molecule has 3 aromatic rings. The zero-order chi connectivity index (χ0) is 15.8. The first-order chi connectivity index (χ1) is 11.2. The molecule has 0 spiro atoms. The van der Waals surface area contributed by atoms with Crippen LogP contribution in [-0.4, -0.2) is 37.1 Å². The molecule has 7 nitrogen and oxygen atoms in total. The largest absolute Gasteiger partial charge is 0.418 e. The highest BCUT2D eigenvalue weighted by Gasteiger charge is 2.35. The number of carbonyl (C=O) groups excluding carboxylic acids is 1. The quantitative estimate of drug-likeness (QED) is 0.724. The molecule has 1 saturated heterocycles. The summed E-state index contributed by atoms with van der Waals surface area (Å²) in [5, 5.41) is 14.1. The second-order valence-electron chi connectivity index (χ2n) is 5.27. The van der Waals surface area contributed by atoms with E-state index in [0.29, 0.717) is 28.9 Å². The van der Waals surface area contributed by atoms with Crippen molar-refractivity contribution < 1.29 is 9.21 Å². The van der Waals surface area contributed by atoms with Crippen LogP contribution in [0.25, 0.3) is 10.8 Å². The number of hydrogen-bond donors (Lipinski definition) is 0. The highest BCUT2D eigenvalue weighted by molar-refractivity contribution is 7.13. The normalized spacial score (nSPS) is 17.8. The fourth-order valence-electron chi connectivity index (χ4n) is 2.69. The molecule has 1 fully saturated rings. The second kappa shape index (κ2) is 5.82. The van der Waals surface area contributed by atoms with Crippen LogP contribution >= 0.6 is 22.9 Å². The minimum atomic E-state index is -0.176. The maximum atomic E-state index is 12.7. The summed E-state index contributed by atoms with van der Waals surface area (Å²) in [5.41, 5.74) is 0.662. The van der Waals surface area contributed by atoms with Crippen molar-refractivity contribution in [3.63, 3.8) is 0 Å². The van der Waals surface area contributed by atoms with Crippen molar-refractivity contribution in [1.29, 1.82) is 0 Å². The lowest BCUT2D eigenvalue weighted by Gasteiger charge is -2.21. The summed E-state index contributed by atoms with van der Waals surface area (Å²) in [6.07, 6.45) is 1.74. The van der Waals surface area contributed by atoms with Crippen molar-refractivity contribution in [2.24, 2.45) is 0 Å². The SMILES string of the molecule is Cc1nnsc1C(=O)N1CCCC1c1nnc(-c2cccs2)o1. The van der Waals surface area contributed by atoms with Gasteiger partial charge in [0.25, 0.3) is 11.8 Å².